The summed E-state index contributed by atoms with van der Waals surface area (Å²) in [7, 11) is 0. The summed E-state index contributed by atoms with van der Waals surface area (Å²) in [5.74, 6) is 3.24. The van der Waals surface area contributed by atoms with Crippen LogP contribution in [0.3, 0.4) is 0 Å². The molecule has 0 saturated carbocycles. The third-order valence-corrected chi connectivity index (χ3v) is 3.74. The van der Waals surface area contributed by atoms with E-state index in [4.69, 9.17) is 4.74 Å². The van der Waals surface area contributed by atoms with E-state index in [1.807, 2.05) is 17.8 Å². The molecular formula is C16H27NOS. The Bertz CT molecular complexity index is 346. The normalized spacial score (nSPS) is 12.7. The van der Waals surface area contributed by atoms with E-state index in [1.165, 1.54) is 5.56 Å². The Morgan fingerprint density at radius 3 is 2.68 bits per heavy atom. The zero-order valence-electron chi connectivity index (χ0n) is 12.6. The summed E-state index contributed by atoms with van der Waals surface area (Å²) >= 11 is 1.98. The first-order valence-corrected chi connectivity index (χ1v) is 8.40. The summed E-state index contributed by atoms with van der Waals surface area (Å²) < 4.78 is 5.78. The molecule has 0 saturated heterocycles. The Morgan fingerprint density at radius 2 is 2.05 bits per heavy atom. The summed E-state index contributed by atoms with van der Waals surface area (Å²) in [4.78, 5) is 0. The first kappa shape index (κ1) is 16.4. The fourth-order valence-corrected chi connectivity index (χ4v) is 2.69. The maximum Gasteiger partial charge on any atom is 0.120 e. The lowest BCUT2D eigenvalue weighted by Gasteiger charge is -2.20. The average Bonchev–Trinajstić information content (AvgIpc) is 2.38. The zero-order chi connectivity index (χ0) is 14.1. The number of hydrogen-bond acceptors (Lipinski definition) is 3. The molecule has 1 aromatic carbocycles. The molecular weight excluding hydrogens is 254 g/mol. The zero-order valence-corrected chi connectivity index (χ0v) is 13.4. The van der Waals surface area contributed by atoms with Crippen molar-refractivity contribution in [2.45, 2.75) is 46.3 Å². The summed E-state index contributed by atoms with van der Waals surface area (Å²) in [6.07, 6.45) is 1.39. The highest BCUT2D eigenvalue weighted by atomic mass is 32.2. The van der Waals surface area contributed by atoms with Crippen molar-refractivity contribution in [3.05, 3.63) is 29.8 Å². The summed E-state index contributed by atoms with van der Waals surface area (Å²) in [6, 6.07) is 8.90. The van der Waals surface area contributed by atoms with Gasteiger partial charge in [0, 0.05) is 11.8 Å². The summed E-state index contributed by atoms with van der Waals surface area (Å²) in [6.45, 7) is 9.60. The molecule has 0 fully saturated rings. The molecule has 1 atom stereocenters. The van der Waals surface area contributed by atoms with Crippen LogP contribution in [-0.2, 0) is 0 Å². The molecule has 1 unspecified atom stereocenters. The van der Waals surface area contributed by atoms with E-state index in [2.05, 4.69) is 51.2 Å². The molecule has 0 aliphatic heterocycles. The average molecular weight is 281 g/mol. The molecule has 3 heteroatoms. The van der Waals surface area contributed by atoms with Crippen LogP contribution in [0.2, 0.25) is 0 Å². The molecule has 0 aromatic heterocycles. The van der Waals surface area contributed by atoms with Crippen LogP contribution in [0.5, 0.6) is 5.75 Å². The Kier molecular flexibility index (Phi) is 7.99. The maximum atomic E-state index is 5.78. The van der Waals surface area contributed by atoms with Gasteiger partial charge in [-0.3, -0.25) is 0 Å². The topological polar surface area (TPSA) is 21.3 Å². The highest BCUT2D eigenvalue weighted by Gasteiger charge is 2.11. The molecule has 0 heterocycles. The van der Waals surface area contributed by atoms with Gasteiger partial charge in [-0.25, -0.2) is 0 Å². The van der Waals surface area contributed by atoms with E-state index in [1.54, 1.807) is 0 Å². The second-order valence-electron chi connectivity index (χ2n) is 4.91. The van der Waals surface area contributed by atoms with Crippen LogP contribution >= 0.6 is 11.8 Å². The van der Waals surface area contributed by atoms with Gasteiger partial charge in [0.1, 0.15) is 5.75 Å². The minimum atomic E-state index is 0.224. The lowest BCUT2D eigenvalue weighted by Crippen LogP contribution is -2.24. The molecule has 0 aliphatic carbocycles. The van der Waals surface area contributed by atoms with Gasteiger partial charge in [-0.2, -0.15) is 11.8 Å². The predicted octanol–water partition coefficient (Wildman–Crippen LogP) is 4.27. The molecule has 2 nitrogen and oxygen atoms in total. The van der Waals surface area contributed by atoms with E-state index >= 15 is 0 Å². The Balaban J connectivity index is 2.75. The van der Waals surface area contributed by atoms with E-state index < -0.39 is 0 Å². The number of thioether (sulfide) groups is 1. The smallest absolute Gasteiger partial charge is 0.120 e. The third-order valence-electron chi connectivity index (χ3n) is 2.76. The Labute approximate surface area is 122 Å². The van der Waals surface area contributed by atoms with Gasteiger partial charge in [-0.05, 0) is 50.3 Å². The predicted molar refractivity (Wildman–Crippen MR) is 86.2 cm³/mol. The number of hydrogen-bond donors (Lipinski definition) is 1. The minimum Gasteiger partial charge on any atom is -0.491 e. The number of nitrogens with one attached hydrogen (secondary N) is 1. The van der Waals surface area contributed by atoms with Crippen molar-refractivity contribution in [2.75, 3.05) is 18.1 Å². The van der Waals surface area contributed by atoms with E-state index in [-0.39, 0.29) is 6.10 Å². The van der Waals surface area contributed by atoms with Crippen molar-refractivity contribution in [3.8, 4) is 5.75 Å². The highest BCUT2D eigenvalue weighted by Crippen LogP contribution is 2.23. The maximum absolute atomic E-state index is 5.78. The number of rotatable bonds is 9. The Morgan fingerprint density at radius 1 is 1.26 bits per heavy atom. The van der Waals surface area contributed by atoms with Crippen LogP contribution in [0.25, 0.3) is 0 Å². The molecule has 1 N–H and O–H groups in total. The van der Waals surface area contributed by atoms with Gasteiger partial charge in [0.05, 0.1) is 6.10 Å². The van der Waals surface area contributed by atoms with Gasteiger partial charge in [-0.15, -0.1) is 0 Å². The first-order valence-electron chi connectivity index (χ1n) is 7.25. The van der Waals surface area contributed by atoms with Crippen molar-refractivity contribution in [1.82, 2.24) is 5.32 Å². The number of ether oxygens (including phenoxy) is 1. The van der Waals surface area contributed by atoms with Gasteiger partial charge >= 0.3 is 0 Å². The molecule has 108 valence electrons. The molecule has 1 aromatic rings. The van der Waals surface area contributed by atoms with Crippen LogP contribution in [0.15, 0.2) is 24.3 Å². The molecule has 1 rings (SSSR count). The van der Waals surface area contributed by atoms with Gasteiger partial charge in [-0.1, -0.05) is 26.0 Å². The number of benzene rings is 1. The van der Waals surface area contributed by atoms with Crippen LogP contribution in [0.1, 0.15) is 45.7 Å². The summed E-state index contributed by atoms with van der Waals surface area (Å²) in [5, 5.41) is 3.62. The lowest BCUT2D eigenvalue weighted by molar-refractivity contribution is 0.242. The first-order chi connectivity index (χ1) is 9.17. The van der Waals surface area contributed by atoms with Crippen molar-refractivity contribution in [1.29, 1.82) is 0 Å². The fraction of sp³-hybridized carbons (Fsp3) is 0.625. The lowest BCUT2D eigenvalue weighted by atomic mass is 10.1. The molecule has 19 heavy (non-hydrogen) atoms. The highest BCUT2D eigenvalue weighted by molar-refractivity contribution is 7.99. The molecule has 0 amide bonds. The fourth-order valence-electron chi connectivity index (χ4n) is 1.90. The second kappa shape index (κ2) is 9.27. The Hall–Kier alpha value is -0.670. The van der Waals surface area contributed by atoms with Crippen LogP contribution < -0.4 is 10.1 Å². The van der Waals surface area contributed by atoms with Gasteiger partial charge < -0.3 is 10.1 Å². The van der Waals surface area contributed by atoms with E-state index in [0.717, 1.165) is 30.2 Å². The van der Waals surface area contributed by atoms with Gasteiger partial charge in [0.25, 0.3) is 0 Å². The van der Waals surface area contributed by atoms with E-state index in [0.29, 0.717) is 6.04 Å². The van der Waals surface area contributed by atoms with Crippen molar-refractivity contribution in [2.24, 2.45) is 0 Å². The van der Waals surface area contributed by atoms with Crippen molar-refractivity contribution in [3.63, 3.8) is 0 Å². The van der Waals surface area contributed by atoms with Gasteiger partial charge in [0.2, 0.25) is 0 Å². The molecule has 0 spiro atoms. The monoisotopic (exact) mass is 281 g/mol. The largest absolute Gasteiger partial charge is 0.491 e. The summed E-state index contributed by atoms with van der Waals surface area (Å²) in [5.41, 5.74) is 1.33. The molecule has 0 bridgehead atoms. The second-order valence-corrected chi connectivity index (χ2v) is 6.22. The SMILES string of the molecule is CCCNC(CSCC)c1cccc(OC(C)C)c1. The van der Waals surface area contributed by atoms with Gasteiger partial charge in [0.15, 0.2) is 0 Å². The molecule has 0 aliphatic rings. The van der Waals surface area contributed by atoms with Crippen molar-refractivity contribution >= 4 is 11.8 Å². The van der Waals surface area contributed by atoms with Crippen LogP contribution in [0.4, 0.5) is 0 Å². The third kappa shape index (κ3) is 6.35. The minimum absolute atomic E-state index is 0.224. The standard InChI is InChI=1S/C16H27NOS/c1-5-10-17-16(12-19-6-2)14-8-7-9-15(11-14)18-13(3)4/h7-9,11,13,16-17H,5-6,10,12H2,1-4H3. The van der Waals surface area contributed by atoms with Crippen LogP contribution in [-0.4, -0.2) is 24.2 Å². The van der Waals surface area contributed by atoms with Crippen LogP contribution in [0, 0.1) is 0 Å². The van der Waals surface area contributed by atoms with Crippen molar-refractivity contribution < 1.29 is 4.74 Å². The quantitative estimate of drug-likeness (QED) is 0.730. The molecule has 0 radical (unpaired) electrons. The van der Waals surface area contributed by atoms with E-state index in [9.17, 15) is 0 Å².